The summed E-state index contributed by atoms with van der Waals surface area (Å²) in [5.74, 6) is 0. The number of hydrogen-bond acceptors (Lipinski definition) is 0. The van der Waals surface area contributed by atoms with Gasteiger partial charge in [0, 0.05) is 16.5 Å². The molecule has 0 heterocycles. The largest absolute Gasteiger partial charge is 4.00 e. The third kappa shape index (κ3) is 75.3. The van der Waals surface area contributed by atoms with Crippen LogP contribution in [0.4, 0.5) is 0 Å². The van der Waals surface area contributed by atoms with E-state index in [4.69, 9.17) is 0 Å². The van der Waals surface area contributed by atoms with Crippen molar-refractivity contribution >= 4 is 0 Å². The van der Waals surface area contributed by atoms with Crippen molar-refractivity contribution in [1.82, 2.24) is 0 Å². The Labute approximate surface area is 60.3 Å². The average molecular weight is 175 g/mol. The van der Waals surface area contributed by atoms with Crippen molar-refractivity contribution in [2.24, 2.45) is 0 Å². The fraction of sp³-hybridized carbons (Fsp3) is 0. The molecular weight excluding hydrogens is 171 g/mol. The van der Waals surface area contributed by atoms with Crippen LogP contribution in [0.2, 0.25) is 0 Å². The van der Waals surface area contributed by atoms with E-state index in [9.17, 15) is 0 Å². The number of hydrogen-bond donors (Lipinski definition) is 0. The molecule has 0 rings (SSSR count). The Morgan fingerprint density at radius 3 is 0.667 bits per heavy atom. The van der Waals surface area contributed by atoms with Crippen molar-refractivity contribution in [3.8, 4) is 0 Å². The molecule has 0 aromatic heterocycles. The number of rotatable bonds is 0. The Morgan fingerprint density at radius 2 is 0.667 bits per heavy atom. The predicted molar refractivity (Wildman–Crippen MR) is 8.60 cm³/mol. The summed E-state index contributed by atoms with van der Waals surface area (Å²) in [7, 11) is 0. The standard InChI is InChI=1S/Ni.2H2O.2O.Ti/h;2*1H2;;;/q;;;2*-2;+4. The maximum Gasteiger partial charge on any atom is 4.00 e. The molecule has 6 heavy (non-hydrogen) atoms. The predicted octanol–water partition coefficient (Wildman–Crippen LogP) is -1.89. The van der Waals surface area contributed by atoms with E-state index in [-0.39, 0.29) is 60.1 Å². The van der Waals surface area contributed by atoms with Gasteiger partial charge in [0.05, 0.1) is 0 Å². The van der Waals surface area contributed by atoms with Crippen molar-refractivity contribution in [1.29, 1.82) is 0 Å². The summed E-state index contributed by atoms with van der Waals surface area (Å²) in [6, 6.07) is 0. The Hall–Kier alpha value is 1.05. The molecular formula is H4NiO4Ti. The van der Waals surface area contributed by atoms with E-state index in [2.05, 4.69) is 0 Å². The molecule has 0 aromatic carbocycles. The molecule has 0 bridgehead atoms. The molecule has 0 saturated heterocycles. The second-order valence-corrected chi connectivity index (χ2v) is 0. The molecule has 0 fully saturated rings. The van der Waals surface area contributed by atoms with Crippen molar-refractivity contribution in [3.05, 3.63) is 0 Å². The van der Waals surface area contributed by atoms with E-state index in [0.717, 1.165) is 0 Å². The summed E-state index contributed by atoms with van der Waals surface area (Å²) < 4.78 is 0. The van der Waals surface area contributed by atoms with Crippen molar-refractivity contribution in [2.45, 2.75) is 0 Å². The first kappa shape index (κ1) is 235. The second-order valence-electron chi connectivity index (χ2n) is 0. The van der Waals surface area contributed by atoms with Gasteiger partial charge in [-0.1, -0.05) is 0 Å². The van der Waals surface area contributed by atoms with Gasteiger partial charge in [-0.25, -0.2) is 0 Å². The summed E-state index contributed by atoms with van der Waals surface area (Å²) in [5.41, 5.74) is 0. The van der Waals surface area contributed by atoms with Crippen LogP contribution in [0.3, 0.4) is 0 Å². The fourth-order valence-corrected chi connectivity index (χ4v) is 0. The van der Waals surface area contributed by atoms with Crippen LogP contribution >= 0.6 is 0 Å². The van der Waals surface area contributed by atoms with E-state index >= 15 is 0 Å². The maximum atomic E-state index is 0. The summed E-state index contributed by atoms with van der Waals surface area (Å²) in [6.45, 7) is 0. The van der Waals surface area contributed by atoms with Gasteiger partial charge in [0.1, 0.15) is 0 Å². The van der Waals surface area contributed by atoms with Crippen LogP contribution in [0.15, 0.2) is 0 Å². The molecule has 0 aliphatic heterocycles. The Morgan fingerprint density at radius 1 is 0.667 bits per heavy atom. The van der Waals surface area contributed by atoms with Gasteiger partial charge < -0.3 is 21.9 Å². The third-order valence-corrected chi connectivity index (χ3v) is 0. The molecule has 0 spiro atoms. The zero-order valence-electron chi connectivity index (χ0n) is 2.63. The summed E-state index contributed by atoms with van der Waals surface area (Å²) in [4.78, 5) is 0. The van der Waals surface area contributed by atoms with E-state index in [1.54, 1.807) is 0 Å². The van der Waals surface area contributed by atoms with E-state index in [0.29, 0.717) is 0 Å². The summed E-state index contributed by atoms with van der Waals surface area (Å²) in [5, 5.41) is 0. The summed E-state index contributed by atoms with van der Waals surface area (Å²) >= 11 is 0. The monoisotopic (exact) mass is 174 g/mol. The van der Waals surface area contributed by atoms with Crippen molar-refractivity contribution in [2.75, 3.05) is 0 Å². The quantitative estimate of drug-likeness (QED) is 0.382. The molecule has 6 heteroatoms. The molecule has 4 nitrogen and oxygen atoms in total. The molecule has 0 radical (unpaired) electrons. The van der Waals surface area contributed by atoms with Crippen molar-refractivity contribution < 1.29 is 60.1 Å². The normalized spacial score (nSPS) is 0. The van der Waals surface area contributed by atoms with Gasteiger partial charge in [-0.3, -0.25) is 0 Å². The van der Waals surface area contributed by atoms with Gasteiger partial charge in [-0.05, 0) is 0 Å². The van der Waals surface area contributed by atoms with E-state index in [1.165, 1.54) is 0 Å². The van der Waals surface area contributed by atoms with Crippen LogP contribution in [0.25, 0.3) is 0 Å². The molecule has 0 saturated carbocycles. The zero-order valence-corrected chi connectivity index (χ0v) is 5.18. The first-order chi connectivity index (χ1) is 0. The minimum absolute atomic E-state index is 0. The molecule has 0 aliphatic carbocycles. The van der Waals surface area contributed by atoms with E-state index < -0.39 is 0 Å². The summed E-state index contributed by atoms with van der Waals surface area (Å²) in [6.07, 6.45) is 0. The molecule has 0 aliphatic rings. The van der Waals surface area contributed by atoms with E-state index in [1.807, 2.05) is 0 Å². The van der Waals surface area contributed by atoms with Crippen LogP contribution in [-0.2, 0) is 49.2 Å². The fourth-order valence-electron chi connectivity index (χ4n) is 0. The van der Waals surface area contributed by atoms with Gasteiger partial charge in [-0.2, -0.15) is 0 Å². The van der Waals surface area contributed by atoms with Crippen molar-refractivity contribution in [3.63, 3.8) is 0 Å². The average Bonchev–Trinajstić information content (AvgIpc) is 0. The molecule has 0 unspecified atom stereocenters. The van der Waals surface area contributed by atoms with Gasteiger partial charge >= 0.3 is 21.7 Å². The smallest absolute Gasteiger partial charge is 2.00 e. The SMILES string of the molecule is O.O.[Ni].[O-2].[O-2].[Ti+4]. The molecule has 4 N–H and O–H groups in total. The second kappa shape index (κ2) is 140. The van der Waals surface area contributed by atoms with Gasteiger partial charge in [0.15, 0.2) is 0 Å². The zero-order chi connectivity index (χ0) is 0. The topological polar surface area (TPSA) is 120 Å². The minimum atomic E-state index is 0. The maximum absolute atomic E-state index is 0. The van der Waals surface area contributed by atoms with Gasteiger partial charge in [-0.15, -0.1) is 0 Å². The van der Waals surface area contributed by atoms with Crippen LogP contribution < -0.4 is 0 Å². The van der Waals surface area contributed by atoms with Crippen LogP contribution in [0, 0.1) is 0 Å². The third-order valence-electron chi connectivity index (χ3n) is 0. The van der Waals surface area contributed by atoms with Crippen LogP contribution in [0.1, 0.15) is 0 Å². The Balaban J connectivity index is 0. The Bertz CT molecular complexity index is 7.51. The first-order valence-electron chi connectivity index (χ1n) is 0. The molecule has 0 aromatic rings. The van der Waals surface area contributed by atoms with Crippen LogP contribution in [-0.4, -0.2) is 11.0 Å². The first-order valence-corrected chi connectivity index (χ1v) is 0. The minimum Gasteiger partial charge on any atom is -2.00 e. The van der Waals surface area contributed by atoms with Gasteiger partial charge in [0.25, 0.3) is 0 Å². The van der Waals surface area contributed by atoms with Gasteiger partial charge in [0.2, 0.25) is 0 Å². The molecule has 0 amide bonds. The molecule has 42 valence electrons. The van der Waals surface area contributed by atoms with Crippen LogP contribution in [0.5, 0.6) is 0 Å². The molecule has 0 atom stereocenters. The Kier molecular flexibility index (Phi) is 5490.